The SMILES string of the molecule is C#CCNCC(O)C(C)C. The summed E-state index contributed by atoms with van der Waals surface area (Å²) in [5, 5.41) is 12.2. The fraction of sp³-hybridized carbons (Fsp3) is 0.750. The van der Waals surface area contributed by atoms with Crippen LogP contribution in [0, 0.1) is 18.3 Å². The highest BCUT2D eigenvalue weighted by molar-refractivity contribution is 4.86. The van der Waals surface area contributed by atoms with Gasteiger partial charge in [0, 0.05) is 6.54 Å². The molecule has 0 spiro atoms. The third-order valence-electron chi connectivity index (χ3n) is 1.35. The highest BCUT2D eigenvalue weighted by Gasteiger charge is 2.06. The topological polar surface area (TPSA) is 32.3 Å². The maximum atomic E-state index is 9.22. The molecule has 0 heterocycles. The van der Waals surface area contributed by atoms with Gasteiger partial charge in [-0.2, -0.15) is 0 Å². The van der Waals surface area contributed by atoms with Crippen LogP contribution in [0.5, 0.6) is 0 Å². The monoisotopic (exact) mass is 141 g/mol. The summed E-state index contributed by atoms with van der Waals surface area (Å²) in [6.07, 6.45) is 4.71. The Morgan fingerprint density at radius 1 is 1.60 bits per heavy atom. The molecule has 0 aliphatic heterocycles. The molecule has 0 aromatic rings. The number of nitrogens with one attached hydrogen (secondary N) is 1. The zero-order valence-electron chi connectivity index (χ0n) is 6.59. The summed E-state index contributed by atoms with van der Waals surface area (Å²) in [5.41, 5.74) is 0. The van der Waals surface area contributed by atoms with Crippen molar-refractivity contribution in [1.29, 1.82) is 0 Å². The minimum absolute atomic E-state index is 0.284. The van der Waals surface area contributed by atoms with Gasteiger partial charge in [-0.3, -0.25) is 0 Å². The molecule has 0 rings (SSSR count). The fourth-order valence-electron chi connectivity index (χ4n) is 0.528. The molecule has 58 valence electrons. The molecule has 2 heteroatoms. The fourth-order valence-corrected chi connectivity index (χ4v) is 0.528. The first-order valence-electron chi connectivity index (χ1n) is 3.50. The van der Waals surface area contributed by atoms with Crippen LogP contribution in [-0.4, -0.2) is 24.3 Å². The Kier molecular flexibility index (Phi) is 5.00. The second-order valence-corrected chi connectivity index (χ2v) is 2.65. The van der Waals surface area contributed by atoms with E-state index in [2.05, 4.69) is 11.2 Å². The number of hydrogen-bond donors (Lipinski definition) is 2. The lowest BCUT2D eigenvalue weighted by Gasteiger charge is -2.13. The van der Waals surface area contributed by atoms with Gasteiger partial charge in [0.25, 0.3) is 0 Å². The quantitative estimate of drug-likeness (QED) is 0.434. The van der Waals surface area contributed by atoms with Crippen molar-refractivity contribution in [3.63, 3.8) is 0 Å². The molecule has 0 aliphatic rings. The summed E-state index contributed by atoms with van der Waals surface area (Å²) in [7, 11) is 0. The number of hydrogen-bond acceptors (Lipinski definition) is 2. The Morgan fingerprint density at radius 2 is 2.20 bits per heavy atom. The van der Waals surface area contributed by atoms with Crippen molar-refractivity contribution < 1.29 is 5.11 Å². The maximum Gasteiger partial charge on any atom is 0.0687 e. The molecule has 0 amide bonds. The van der Waals surface area contributed by atoms with E-state index in [4.69, 9.17) is 6.42 Å². The van der Waals surface area contributed by atoms with Crippen molar-refractivity contribution in [2.24, 2.45) is 5.92 Å². The highest BCUT2D eigenvalue weighted by atomic mass is 16.3. The molecule has 0 bridgehead atoms. The second-order valence-electron chi connectivity index (χ2n) is 2.65. The first kappa shape index (κ1) is 9.48. The molecular weight excluding hydrogens is 126 g/mol. The highest BCUT2D eigenvalue weighted by Crippen LogP contribution is 1.97. The molecule has 2 N–H and O–H groups in total. The standard InChI is InChI=1S/C8H15NO/c1-4-5-9-6-8(10)7(2)3/h1,7-10H,5-6H2,2-3H3. The van der Waals surface area contributed by atoms with Crippen LogP contribution >= 0.6 is 0 Å². The van der Waals surface area contributed by atoms with Gasteiger partial charge < -0.3 is 10.4 Å². The molecule has 0 aromatic heterocycles. The lowest BCUT2D eigenvalue weighted by atomic mass is 10.1. The van der Waals surface area contributed by atoms with Gasteiger partial charge in [0.1, 0.15) is 0 Å². The minimum atomic E-state index is -0.284. The van der Waals surface area contributed by atoms with E-state index in [0.29, 0.717) is 19.0 Å². The van der Waals surface area contributed by atoms with Crippen LogP contribution in [0.4, 0.5) is 0 Å². The molecule has 1 unspecified atom stereocenters. The Bertz CT molecular complexity index is 115. The molecule has 0 saturated carbocycles. The van der Waals surface area contributed by atoms with Crippen LogP contribution in [0.3, 0.4) is 0 Å². The summed E-state index contributed by atoms with van der Waals surface area (Å²) in [5.74, 6) is 2.74. The predicted octanol–water partition coefficient (Wildman–Crippen LogP) is 0.226. The van der Waals surface area contributed by atoms with Gasteiger partial charge >= 0.3 is 0 Å². The lowest BCUT2D eigenvalue weighted by molar-refractivity contribution is 0.125. The van der Waals surface area contributed by atoms with Gasteiger partial charge in [-0.15, -0.1) is 6.42 Å². The van der Waals surface area contributed by atoms with Gasteiger partial charge in [0.2, 0.25) is 0 Å². The normalized spacial score (nSPS) is 13.1. The molecule has 0 radical (unpaired) electrons. The van der Waals surface area contributed by atoms with Crippen LogP contribution in [0.15, 0.2) is 0 Å². The van der Waals surface area contributed by atoms with E-state index in [1.807, 2.05) is 13.8 Å². The summed E-state index contributed by atoms with van der Waals surface area (Å²) >= 11 is 0. The summed E-state index contributed by atoms with van der Waals surface area (Å²) in [6.45, 7) is 5.07. The third kappa shape index (κ3) is 4.37. The molecule has 0 aromatic carbocycles. The molecular formula is C8H15NO. The van der Waals surface area contributed by atoms with Crippen molar-refractivity contribution in [1.82, 2.24) is 5.32 Å². The van der Waals surface area contributed by atoms with E-state index in [1.54, 1.807) is 0 Å². The number of rotatable bonds is 4. The smallest absolute Gasteiger partial charge is 0.0687 e. The maximum absolute atomic E-state index is 9.22. The van der Waals surface area contributed by atoms with Gasteiger partial charge in [0.15, 0.2) is 0 Å². The molecule has 1 atom stereocenters. The van der Waals surface area contributed by atoms with E-state index >= 15 is 0 Å². The number of aliphatic hydroxyl groups is 1. The Hall–Kier alpha value is -0.520. The van der Waals surface area contributed by atoms with E-state index < -0.39 is 0 Å². The first-order chi connectivity index (χ1) is 4.68. The van der Waals surface area contributed by atoms with E-state index in [-0.39, 0.29) is 6.10 Å². The molecule has 0 fully saturated rings. The van der Waals surface area contributed by atoms with E-state index in [9.17, 15) is 5.11 Å². The molecule has 10 heavy (non-hydrogen) atoms. The minimum Gasteiger partial charge on any atom is -0.392 e. The summed E-state index contributed by atoms with van der Waals surface area (Å²) in [6, 6.07) is 0. The average molecular weight is 141 g/mol. The predicted molar refractivity (Wildman–Crippen MR) is 42.5 cm³/mol. The van der Waals surface area contributed by atoms with Gasteiger partial charge in [-0.05, 0) is 5.92 Å². The second kappa shape index (κ2) is 5.28. The van der Waals surface area contributed by atoms with Crippen molar-refractivity contribution in [2.45, 2.75) is 20.0 Å². The molecule has 0 saturated heterocycles. The molecule has 2 nitrogen and oxygen atoms in total. The van der Waals surface area contributed by atoms with Crippen LogP contribution in [-0.2, 0) is 0 Å². The zero-order chi connectivity index (χ0) is 7.98. The Morgan fingerprint density at radius 3 is 2.60 bits per heavy atom. The van der Waals surface area contributed by atoms with Gasteiger partial charge in [0.05, 0.1) is 12.6 Å². The Balaban J connectivity index is 3.23. The zero-order valence-corrected chi connectivity index (χ0v) is 6.59. The Labute approximate surface area is 62.6 Å². The summed E-state index contributed by atoms with van der Waals surface area (Å²) < 4.78 is 0. The van der Waals surface area contributed by atoms with Gasteiger partial charge in [-0.25, -0.2) is 0 Å². The lowest BCUT2D eigenvalue weighted by Crippen LogP contribution is -2.30. The number of terminal acetylenes is 1. The first-order valence-corrected chi connectivity index (χ1v) is 3.50. The van der Waals surface area contributed by atoms with Gasteiger partial charge in [-0.1, -0.05) is 19.8 Å². The van der Waals surface area contributed by atoms with E-state index in [1.165, 1.54) is 0 Å². The van der Waals surface area contributed by atoms with Crippen molar-refractivity contribution in [2.75, 3.05) is 13.1 Å². The van der Waals surface area contributed by atoms with Crippen LogP contribution in [0.1, 0.15) is 13.8 Å². The van der Waals surface area contributed by atoms with Crippen molar-refractivity contribution in [3.8, 4) is 12.3 Å². The van der Waals surface area contributed by atoms with Crippen LogP contribution < -0.4 is 5.32 Å². The molecule has 0 aliphatic carbocycles. The van der Waals surface area contributed by atoms with E-state index in [0.717, 1.165) is 0 Å². The van der Waals surface area contributed by atoms with Crippen LogP contribution in [0.25, 0.3) is 0 Å². The number of aliphatic hydroxyl groups excluding tert-OH is 1. The summed E-state index contributed by atoms with van der Waals surface area (Å²) in [4.78, 5) is 0. The van der Waals surface area contributed by atoms with Crippen molar-refractivity contribution in [3.05, 3.63) is 0 Å². The van der Waals surface area contributed by atoms with Crippen LogP contribution in [0.2, 0.25) is 0 Å². The average Bonchev–Trinajstić information content (AvgIpc) is 1.88. The largest absolute Gasteiger partial charge is 0.392 e. The van der Waals surface area contributed by atoms with Crippen molar-refractivity contribution >= 4 is 0 Å². The third-order valence-corrected chi connectivity index (χ3v) is 1.35.